The standard InChI is InChI=1S/C58H37N3O/c1-58(2)48-21-10-8-19-44(48)53-49(58)33-47(52-45-20-9-11-22-50(45)62-54(52)53)57-60-55(39-17-12-16-38(31-39)34-13-4-3-5-14-34)59-56(61-57)40-26-24-36-23-25-37-28-29-42-41-18-7-6-15-35(41)27-30-43(42)51(37)46(36)32-40/h3-33H,1-2H3. The van der Waals surface area contributed by atoms with E-state index in [1.807, 2.05) is 12.1 Å². The van der Waals surface area contributed by atoms with Gasteiger partial charge in [0.2, 0.25) is 0 Å². The Kier molecular flexibility index (Phi) is 7.32. The summed E-state index contributed by atoms with van der Waals surface area (Å²) >= 11 is 0. The van der Waals surface area contributed by atoms with Crippen LogP contribution < -0.4 is 0 Å². The predicted molar refractivity (Wildman–Crippen MR) is 256 cm³/mol. The van der Waals surface area contributed by atoms with Gasteiger partial charge in [0.25, 0.3) is 0 Å². The zero-order valence-corrected chi connectivity index (χ0v) is 34.1. The topological polar surface area (TPSA) is 51.8 Å². The van der Waals surface area contributed by atoms with Gasteiger partial charge in [0.1, 0.15) is 11.2 Å². The molecule has 10 aromatic carbocycles. The quantitative estimate of drug-likeness (QED) is 0.167. The third kappa shape index (κ3) is 5.10. The van der Waals surface area contributed by atoms with Crippen LogP contribution in [-0.2, 0) is 5.41 Å². The van der Waals surface area contributed by atoms with Crippen molar-refractivity contribution in [1.82, 2.24) is 15.0 Å². The molecule has 0 N–H and O–H groups in total. The molecule has 0 saturated heterocycles. The van der Waals surface area contributed by atoms with Crippen LogP contribution >= 0.6 is 0 Å². The lowest BCUT2D eigenvalue weighted by atomic mass is 9.81. The van der Waals surface area contributed by atoms with Crippen molar-refractivity contribution in [2.75, 3.05) is 0 Å². The average molecular weight is 792 g/mol. The molecule has 290 valence electrons. The van der Waals surface area contributed by atoms with Crippen molar-refractivity contribution >= 4 is 65.0 Å². The van der Waals surface area contributed by atoms with Gasteiger partial charge in [-0.2, -0.15) is 0 Å². The molecule has 1 aliphatic rings. The van der Waals surface area contributed by atoms with Gasteiger partial charge in [-0.3, -0.25) is 0 Å². The first-order chi connectivity index (χ1) is 30.5. The summed E-state index contributed by atoms with van der Waals surface area (Å²) in [4.78, 5) is 16.2. The van der Waals surface area contributed by atoms with Crippen molar-refractivity contribution in [2.45, 2.75) is 19.3 Å². The first kappa shape index (κ1) is 34.9. The Labute approximate surface area is 357 Å². The minimum absolute atomic E-state index is 0.274. The van der Waals surface area contributed by atoms with E-state index >= 15 is 0 Å². The highest BCUT2D eigenvalue weighted by Crippen LogP contribution is 2.54. The molecule has 0 bridgehead atoms. The first-order valence-electron chi connectivity index (χ1n) is 21.3. The summed E-state index contributed by atoms with van der Waals surface area (Å²) in [6.45, 7) is 4.61. The fourth-order valence-electron chi connectivity index (χ4n) is 10.2. The lowest BCUT2D eigenvalue weighted by molar-refractivity contribution is 0.653. The zero-order chi connectivity index (χ0) is 41.1. The lowest BCUT2D eigenvalue weighted by Crippen LogP contribution is -2.15. The largest absolute Gasteiger partial charge is 0.455 e. The number of fused-ring (bicyclic) bond motifs is 14. The van der Waals surface area contributed by atoms with Crippen LogP contribution in [0.25, 0.3) is 121 Å². The second kappa shape index (κ2) is 13.0. The molecule has 13 rings (SSSR count). The lowest BCUT2D eigenvalue weighted by Gasteiger charge is -2.22. The Morgan fingerprint density at radius 1 is 0.371 bits per heavy atom. The number of aromatic nitrogens is 3. The number of rotatable bonds is 4. The van der Waals surface area contributed by atoms with Crippen molar-refractivity contribution in [1.29, 1.82) is 0 Å². The Morgan fingerprint density at radius 3 is 1.89 bits per heavy atom. The smallest absolute Gasteiger partial charge is 0.164 e. The van der Waals surface area contributed by atoms with E-state index in [0.717, 1.165) is 60.7 Å². The van der Waals surface area contributed by atoms with E-state index in [0.29, 0.717) is 17.5 Å². The van der Waals surface area contributed by atoms with Gasteiger partial charge in [-0.05, 0) is 95.2 Å². The summed E-state index contributed by atoms with van der Waals surface area (Å²) in [5, 5.41) is 11.8. The van der Waals surface area contributed by atoms with Gasteiger partial charge in [0.05, 0.1) is 0 Å². The maximum absolute atomic E-state index is 6.88. The number of benzene rings is 10. The van der Waals surface area contributed by atoms with E-state index < -0.39 is 0 Å². The van der Waals surface area contributed by atoms with Gasteiger partial charge in [-0.15, -0.1) is 0 Å². The molecule has 2 heterocycles. The van der Waals surface area contributed by atoms with Gasteiger partial charge < -0.3 is 4.42 Å². The third-order valence-corrected chi connectivity index (χ3v) is 13.3. The summed E-state index contributed by atoms with van der Waals surface area (Å²) < 4.78 is 6.88. The second-order valence-corrected chi connectivity index (χ2v) is 17.1. The Balaban J connectivity index is 1.10. The van der Waals surface area contributed by atoms with E-state index in [1.165, 1.54) is 54.4 Å². The zero-order valence-electron chi connectivity index (χ0n) is 34.1. The van der Waals surface area contributed by atoms with Crippen LogP contribution in [0.4, 0.5) is 0 Å². The van der Waals surface area contributed by atoms with Gasteiger partial charge in [0, 0.05) is 38.4 Å². The molecule has 62 heavy (non-hydrogen) atoms. The van der Waals surface area contributed by atoms with Gasteiger partial charge in [-0.1, -0.05) is 178 Å². The first-order valence-corrected chi connectivity index (χ1v) is 21.3. The van der Waals surface area contributed by atoms with E-state index in [1.54, 1.807) is 0 Å². The summed E-state index contributed by atoms with van der Waals surface area (Å²) in [6, 6.07) is 67.2. The van der Waals surface area contributed by atoms with Crippen LogP contribution in [0.1, 0.15) is 25.0 Å². The van der Waals surface area contributed by atoms with Crippen LogP contribution in [-0.4, -0.2) is 15.0 Å². The summed E-state index contributed by atoms with van der Waals surface area (Å²) in [5.41, 5.74) is 11.3. The molecular formula is C58H37N3O. The van der Waals surface area contributed by atoms with Crippen LogP contribution in [0.15, 0.2) is 192 Å². The van der Waals surface area contributed by atoms with Crippen molar-refractivity contribution in [2.24, 2.45) is 0 Å². The third-order valence-electron chi connectivity index (χ3n) is 13.3. The molecule has 4 heteroatoms. The number of hydrogen-bond acceptors (Lipinski definition) is 4. The monoisotopic (exact) mass is 791 g/mol. The molecule has 1 aliphatic carbocycles. The number of para-hydroxylation sites is 1. The summed E-state index contributed by atoms with van der Waals surface area (Å²) in [7, 11) is 0. The molecule has 4 nitrogen and oxygen atoms in total. The highest BCUT2D eigenvalue weighted by molar-refractivity contribution is 6.25. The fraction of sp³-hybridized carbons (Fsp3) is 0.0517. The van der Waals surface area contributed by atoms with Crippen molar-refractivity contribution in [3.05, 3.63) is 199 Å². The van der Waals surface area contributed by atoms with E-state index in [9.17, 15) is 0 Å². The molecule has 0 saturated carbocycles. The van der Waals surface area contributed by atoms with Crippen molar-refractivity contribution in [3.63, 3.8) is 0 Å². The highest BCUT2D eigenvalue weighted by atomic mass is 16.3. The molecule has 0 atom stereocenters. The van der Waals surface area contributed by atoms with E-state index in [2.05, 4.69) is 190 Å². The average Bonchev–Trinajstić information content (AvgIpc) is 3.83. The molecule has 0 radical (unpaired) electrons. The van der Waals surface area contributed by atoms with Crippen LogP contribution in [0.2, 0.25) is 0 Å². The molecule has 0 fully saturated rings. The highest BCUT2D eigenvalue weighted by Gasteiger charge is 2.39. The Bertz CT molecular complexity index is 3840. The second-order valence-electron chi connectivity index (χ2n) is 17.1. The van der Waals surface area contributed by atoms with Crippen LogP contribution in [0, 0.1) is 0 Å². The fourth-order valence-corrected chi connectivity index (χ4v) is 10.2. The minimum Gasteiger partial charge on any atom is -0.455 e. The molecule has 0 aliphatic heterocycles. The SMILES string of the molecule is CC1(C)c2ccccc2-c2c1cc(-c1nc(-c3cccc(-c4ccccc4)c3)nc(-c3ccc4ccc5ccc6c7ccccc7ccc6c5c4c3)n1)c1c2oc2ccccc21. The Hall–Kier alpha value is -7.95. The molecular weight excluding hydrogens is 755 g/mol. The molecule has 0 spiro atoms. The predicted octanol–water partition coefficient (Wildman–Crippen LogP) is 15.4. The Morgan fingerprint density at radius 2 is 1.00 bits per heavy atom. The minimum atomic E-state index is -0.274. The normalized spacial score (nSPS) is 13.1. The van der Waals surface area contributed by atoms with Crippen LogP contribution in [0.5, 0.6) is 0 Å². The van der Waals surface area contributed by atoms with Crippen molar-refractivity contribution in [3.8, 4) is 56.4 Å². The van der Waals surface area contributed by atoms with Crippen LogP contribution in [0.3, 0.4) is 0 Å². The summed E-state index contributed by atoms with van der Waals surface area (Å²) in [5.74, 6) is 1.83. The number of furan rings is 1. The molecule has 0 unspecified atom stereocenters. The maximum atomic E-state index is 6.88. The number of nitrogens with zero attached hydrogens (tertiary/aromatic N) is 3. The van der Waals surface area contributed by atoms with Crippen molar-refractivity contribution < 1.29 is 4.42 Å². The van der Waals surface area contributed by atoms with E-state index in [4.69, 9.17) is 19.4 Å². The molecule has 12 aromatic rings. The van der Waals surface area contributed by atoms with Gasteiger partial charge >= 0.3 is 0 Å². The summed E-state index contributed by atoms with van der Waals surface area (Å²) in [6.07, 6.45) is 0. The van der Waals surface area contributed by atoms with Gasteiger partial charge in [0.15, 0.2) is 17.5 Å². The molecule has 0 amide bonds. The maximum Gasteiger partial charge on any atom is 0.164 e. The van der Waals surface area contributed by atoms with Gasteiger partial charge in [-0.25, -0.2) is 15.0 Å². The molecule has 2 aromatic heterocycles. The number of hydrogen-bond donors (Lipinski definition) is 0. The van der Waals surface area contributed by atoms with E-state index in [-0.39, 0.29) is 5.41 Å².